The summed E-state index contributed by atoms with van der Waals surface area (Å²) in [4.78, 5) is 0. The Morgan fingerprint density at radius 3 is 1.70 bits per heavy atom. The third kappa shape index (κ3) is 18.0. The monoisotopic (exact) mass is 334 g/mol. The van der Waals surface area contributed by atoms with Gasteiger partial charge in [-0.2, -0.15) is 0 Å². The Morgan fingerprint density at radius 1 is 0.652 bits per heavy atom. The van der Waals surface area contributed by atoms with Gasteiger partial charge in [0.2, 0.25) is 0 Å². The van der Waals surface area contributed by atoms with Crippen molar-refractivity contribution in [2.75, 3.05) is 33.0 Å². The van der Waals surface area contributed by atoms with E-state index in [0.717, 1.165) is 6.42 Å². The molecule has 0 saturated carbocycles. The largest absolute Gasteiger partial charge is 0.394 e. The first kappa shape index (κ1) is 22.8. The maximum Gasteiger partial charge on any atom is 0.101 e. The lowest BCUT2D eigenvalue weighted by Crippen LogP contribution is -2.26. The molecule has 2 unspecified atom stereocenters. The Morgan fingerprint density at radius 2 is 1.13 bits per heavy atom. The predicted octanol–water partition coefficient (Wildman–Crippen LogP) is 2.65. The van der Waals surface area contributed by atoms with Crippen LogP contribution in [0.1, 0.15) is 71.1 Å². The van der Waals surface area contributed by atoms with Crippen molar-refractivity contribution in [3.8, 4) is 0 Å². The van der Waals surface area contributed by atoms with E-state index >= 15 is 0 Å². The third-order valence-corrected chi connectivity index (χ3v) is 3.78. The summed E-state index contributed by atoms with van der Waals surface area (Å²) in [6.07, 6.45) is 11.4. The normalized spacial score (nSPS) is 14.1. The average molecular weight is 334 g/mol. The molecule has 0 rings (SSSR count). The van der Waals surface area contributed by atoms with E-state index in [-0.39, 0.29) is 26.4 Å². The molecule has 0 heterocycles. The van der Waals surface area contributed by atoms with E-state index in [9.17, 15) is 5.11 Å². The van der Waals surface area contributed by atoms with Crippen LogP contribution in [0.25, 0.3) is 0 Å². The summed E-state index contributed by atoms with van der Waals surface area (Å²) in [7, 11) is 0. The predicted molar refractivity (Wildman–Crippen MR) is 92.6 cm³/mol. The van der Waals surface area contributed by atoms with Crippen molar-refractivity contribution in [1.29, 1.82) is 0 Å². The fourth-order valence-electron chi connectivity index (χ4n) is 2.35. The molecule has 3 N–H and O–H groups in total. The van der Waals surface area contributed by atoms with E-state index in [2.05, 4.69) is 6.92 Å². The molecular formula is C18H38O5. The number of rotatable bonds is 18. The van der Waals surface area contributed by atoms with Crippen LogP contribution in [0.3, 0.4) is 0 Å². The highest BCUT2D eigenvalue weighted by Gasteiger charge is 2.07. The highest BCUT2D eigenvalue weighted by molar-refractivity contribution is 4.55. The van der Waals surface area contributed by atoms with Gasteiger partial charge in [0.15, 0.2) is 0 Å². The topological polar surface area (TPSA) is 79.2 Å². The minimum absolute atomic E-state index is 0.0337. The lowest BCUT2D eigenvalue weighted by Gasteiger charge is -2.13. The molecule has 0 aromatic rings. The second-order valence-corrected chi connectivity index (χ2v) is 6.28. The number of hydrogen-bond acceptors (Lipinski definition) is 5. The van der Waals surface area contributed by atoms with Gasteiger partial charge in [0.25, 0.3) is 0 Å². The van der Waals surface area contributed by atoms with Gasteiger partial charge in [0.1, 0.15) is 12.2 Å². The molecule has 0 aromatic heterocycles. The standard InChI is InChI=1S/C18H38O5/c1-2-3-4-5-6-7-8-9-10-11-12-22-15-18(21)16-23-14-17(20)13-19/h17-21H,2-16H2,1H3. The number of aliphatic hydroxyl groups excluding tert-OH is 3. The molecule has 0 fully saturated rings. The van der Waals surface area contributed by atoms with Crippen molar-refractivity contribution in [2.24, 2.45) is 0 Å². The first-order valence-corrected chi connectivity index (χ1v) is 9.33. The maximum atomic E-state index is 9.60. The fourth-order valence-corrected chi connectivity index (χ4v) is 2.35. The summed E-state index contributed by atoms with van der Waals surface area (Å²) < 4.78 is 10.5. The van der Waals surface area contributed by atoms with E-state index in [1.165, 1.54) is 57.8 Å². The van der Waals surface area contributed by atoms with Gasteiger partial charge in [-0.1, -0.05) is 64.7 Å². The van der Waals surface area contributed by atoms with Crippen LogP contribution in [-0.4, -0.2) is 60.6 Å². The Bertz CT molecular complexity index is 225. The van der Waals surface area contributed by atoms with Crippen LogP contribution in [0.4, 0.5) is 0 Å². The van der Waals surface area contributed by atoms with Crippen LogP contribution in [0.5, 0.6) is 0 Å². The Kier molecular flexibility index (Phi) is 18.0. The smallest absolute Gasteiger partial charge is 0.101 e. The van der Waals surface area contributed by atoms with Crippen molar-refractivity contribution in [3.05, 3.63) is 0 Å². The molecule has 0 saturated heterocycles. The highest BCUT2D eigenvalue weighted by atomic mass is 16.5. The molecule has 5 heteroatoms. The molecule has 140 valence electrons. The molecule has 0 aromatic carbocycles. The Labute approximate surface area is 142 Å². The zero-order valence-electron chi connectivity index (χ0n) is 14.9. The summed E-state index contributed by atoms with van der Waals surface area (Å²) in [5.74, 6) is 0. The minimum Gasteiger partial charge on any atom is -0.394 e. The molecule has 23 heavy (non-hydrogen) atoms. The Hall–Kier alpha value is -0.200. The number of hydrogen-bond donors (Lipinski definition) is 3. The summed E-state index contributed by atoms with van der Waals surface area (Å²) >= 11 is 0. The van der Waals surface area contributed by atoms with E-state index in [0.29, 0.717) is 6.61 Å². The molecule has 0 amide bonds. The van der Waals surface area contributed by atoms with E-state index < -0.39 is 12.2 Å². The number of unbranched alkanes of at least 4 members (excludes halogenated alkanes) is 9. The molecule has 0 aliphatic heterocycles. The summed E-state index contributed by atoms with van der Waals surface area (Å²) in [6, 6.07) is 0. The van der Waals surface area contributed by atoms with Gasteiger partial charge in [-0.15, -0.1) is 0 Å². The van der Waals surface area contributed by atoms with Crippen LogP contribution in [0.2, 0.25) is 0 Å². The van der Waals surface area contributed by atoms with Crippen molar-refractivity contribution in [1.82, 2.24) is 0 Å². The van der Waals surface area contributed by atoms with Gasteiger partial charge in [0.05, 0.1) is 26.4 Å². The van der Waals surface area contributed by atoms with Crippen LogP contribution >= 0.6 is 0 Å². The lowest BCUT2D eigenvalue weighted by molar-refractivity contribution is -0.0481. The van der Waals surface area contributed by atoms with Crippen molar-refractivity contribution >= 4 is 0 Å². The van der Waals surface area contributed by atoms with Gasteiger partial charge < -0.3 is 24.8 Å². The lowest BCUT2D eigenvalue weighted by atomic mass is 10.1. The molecule has 0 radical (unpaired) electrons. The minimum atomic E-state index is -0.880. The van der Waals surface area contributed by atoms with Crippen LogP contribution in [0.15, 0.2) is 0 Å². The molecule has 5 nitrogen and oxygen atoms in total. The van der Waals surface area contributed by atoms with Crippen molar-refractivity contribution in [2.45, 2.75) is 83.3 Å². The number of aliphatic hydroxyl groups is 3. The van der Waals surface area contributed by atoms with Gasteiger partial charge in [0, 0.05) is 6.61 Å². The van der Waals surface area contributed by atoms with E-state index in [1.807, 2.05) is 0 Å². The van der Waals surface area contributed by atoms with Gasteiger partial charge >= 0.3 is 0 Å². The van der Waals surface area contributed by atoms with Crippen LogP contribution < -0.4 is 0 Å². The van der Waals surface area contributed by atoms with Crippen LogP contribution in [-0.2, 0) is 9.47 Å². The Balaban J connectivity index is 3.14. The number of ether oxygens (including phenoxy) is 2. The zero-order chi connectivity index (χ0) is 17.2. The first-order valence-electron chi connectivity index (χ1n) is 9.33. The average Bonchev–Trinajstić information content (AvgIpc) is 2.55. The summed E-state index contributed by atoms with van der Waals surface area (Å²) in [5, 5.41) is 27.3. The molecule has 0 spiro atoms. The third-order valence-electron chi connectivity index (χ3n) is 3.78. The fraction of sp³-hybridized carbons (Fsp3) is 1.00. The molecular weight excluding hydrogens is 296 g/mol. The van der Waals surface area contributed by atoms with Gasteiger partial charge in [-0.25, -0.2) is 0 Å². The molecule has 2 atom stereocenters. The van der Waals surface area contributed by atoms with Crippen molar-refractivity contribution < 1.29 is 24.8 Å². The summed E-state index contributed by atoms with van der Waals surface area (Å²) in [5.41, 5.74) is 0. The highest BCUT2D eigenvalue weighted by Crippen LogP contribution is 2.10. The van der Waals surface area contributed by atoms with Gasteiger partial charge in [-0.3, -0.25) is 0 Å². The molecule has 0 bridgehead atoms. The molecule has 0 aliphatic carbocycles. The van der Waals surface area contributed by atoms with E-state index in [4.69, 9.17) is 19.7 Å². The van der Waals surface area contributed by atoms with E-state index in [1.54, 1.807) is 0 Å². The molecule has 0 aliphatic rings. The maximum absolute atomic E-state index is 9.60. The van der Waals surface area contributed by atoms with Gasteiger partial charge in [-0.05, 0) is 6.42 Å². The zero-order valence-corrected chi connectivity index (χ0v) is 14.9. The first-order chi connectivity index (χ1) is 11.2. The quantitative estimate of drug-likeness (QED) is 0.336. The SMILES string of the molecule is CCCCCCCCCCCCOCC(O)COCC(O)CO. The second kappa shape index (κ2) is 18.1. The summed E-state index contributed by atoms with van der Waals surface area (Å²) in [6.45, 7) is 3.00. The van der Waals surface area contributed by atoms with Crippen LogP contribution in [0, 0.1) is 0 Å². The second-order valence-electron chi connectivity index (χ2n) is 6.28. The van der Waals surface area contributed by atoms with Crippen molar-refractivity contribution in [3.63, 3.8) is 0 Å².